The first-order valence-corrected chi connectivity index (χ1v) is 8.43. The Balaban J connectivity index is 1.56. The van der Waals surface area contributed by atoms with Gasteiger partial charge in [0.2, 0.25) is 0 Å². The summed E-state index contributed by atoms with van der Waals surface area (Å²) < 4.78 is 0. The SMILES string of the molecule is CC1CCCN(CC(C)NC(=O)c2n[nH]c3c2CNCC3)C1. The van der Waals surface area contributed by atoms with Crippen LogP contribution in [0.3, 0.4) is 0 Å². The summed E-state index contributed by atoms with van der Waals surface area (Å²) in [6.07, 6.45) is 3.50. The zero-order valence-electron chi connectivity index (χ0n) is 13.6. The van der Waals surface area contributed by atoms with Gasteiger partial charge in [-0.3, -0.25) is 9.89 Å². The van der Waals surface area contributed by atoms with Gasteiger partial charge in [-0.25, -0.2) is 0 Å². The highest BCUT2D eigenvalue weighted by molar-refractivity contribution is 5.94. The first kappa shape index (κ1) is 15.5. The van der Waals surface area contributed by atoms with Gasteiger partial charge < -0.3 is 15.5 Å². The molecular formula is C16H27N5O. The number of carbonyl (C=O) groups excluding carboxylic acids is 1. The molecule has 0 saturated carbocycles. The van der Waals surface area contributed by atoms with Crippen molar-refractivity contribution < 1.29 is 4.79 Å². The molecule has 3 rings (SSSR count). The molecule has 6 heteroatoms. The number of likely N-dealkylation sites (tertiary alicyclic amines) is 1. The molecule has 0 spiro atoms. The number of piperidine rings is 1. The Kier molecular flexibility index (Phi) is 4.78. The van der Waals surface area contributed by atoms with Gasteiger partial charge in [-0.1, -0.05) is 6.92 Å². The number of carbonyl (C=O) groups is 1. The quantitative estimate of drug-likeness (QED) is 0.773. The van der Waals surface area contributed by atoms with Crippen molar-refractivity contribution in [3.8, 4) is 0 Å². The lowest BCUT2D eigenvalue weighted by atomic mass is 10.00. The Bertz CT molecular complexity index is 527. The third kappa shape index (κ3) is 3.50. The van der Waals surface area contributed by atoms with E-state index in [1.807, 2.05) is 0 Å². The second-order valence-corrected chi connectivity index (χ2v) is 6.84. The van der Waals surface area contributed by atoms with Crippen LogP contribution in [0.1, 0.15) is 48.4 Å². The second kappa shape index (κ2) is 6.79. The molecule has 0 bridgehead atoms. The van der Waals surface area contributed by atoms with Gasteiger partial charge >= 0.3 is 0 Å². The molecule has 0 aromatic carbocycles. The summed E-state index contributed by atoms with van der Waals surface area (Å²) in [5.74, 6) is 0.708. The van der Waals surface area contributed by atoms with Gasteiger partial charge in [-0.2, -0.15) is 5.10 Å². The normalized spacial score (nSPS) is 23.8. The monoisotopic (exact) mass is 305 g/mol. The maximum atomic E-state index is 12.5. The summed E-state index contributed by atoms with van der Waals surface area (Å²) in [6.45, 7) is 9.26. The Morgan fingerprint density at radius 1 is 1.55 bits per heavy atom. The van der Waals surface area contributed by atoms with Gasteiger partial charge in [0.25, 0.3) is 5.91 Å². The minimum Gasteiger partial charge on any atom is -0.347 e. The minimum atomic E-state index is -0.0567. The van der Waals surface area contributed by atoms with E-state index in [4.69, 9.17) is 0 Å². The van der Waals surface area contributed by atoms with E-state index < -0.39 is 0 Å². The van der Waals surface area contributed by atoms with Crippen LogP contribution in [-0.2, 0) is 13.0 Å². The molecule has 1 fully saturated rings. The van der Waals surface area contributed by atoms with Crippen molar-refractivity contribution in [3.05, 3.63) is 17.0 Å². The van der Waals surface area contributed by atoms with Crippen LogP contribution in [0.2, 0.25) is 0 Å². The molecule has 2 aliphatic heterocycles. The highest BCUT2D eigenvalue weighted by atomic mass is 16.2. The summed E-state index contributed by atoms with van der Waals surface area (Å²) in [5, 5.41) is 13.6. The lowest BCUT2D eigenvalue weighted by Crippen LogP contribution is -2.45. The molecule has 1 amide bonds. The molecule has 3 N–H and O–H groups in total. The Labute approximate surface area is 132 Å². The van der Waals surface area contributed by atoms with E-state index in [1.54, 1.807) is 0 Å². The van der Waals surface area contributed by atoms with Gasteiger partial charge in [0.1, 0.15) is 0 Å². The summed E-state index contributed by atoms with van der Waals surface area (Å²) in [5.41, 5.74) is 2.69. The van der Waals surface area contributed by atoms with Crippen molar-refractivity contribution in [1.29, 1.82) is 0 Å². The average Bonchev–Trinajstić information content (AvgIpc) is 2.91. The number of fused-ring (bicyclic) bond motifs is 1. The van der Waals surface area contributed by atoms with E-state index in [0.717, 1.165) is 56.3 Å². The smallest absolute Gasteiger partial charge is 0.272 e. The number of rotatable bonds is 4. The number of nitrogens with zero attached hydrogens (tertiary/aromatic N) is 2. The number of aromatic amines is 1. The van der Waals surface area contributed by atoms with Crippen LogP contribution in [0.15, 0.2) is 0 Å². The van der Waals surface area contributed by atoms with E-state index >= 15 is 0 Å². The Morgan fingerprint density at radius 2 is 2.41 bits per heavy atom. The standard InChI is InChI=1S/C16H27N5O/c1-11-4-3-7-21(9-11)10-12(2)18-16(22)15-13-8-17-6-5-14(13)19-20-15/h11-12,17H,3-10H2,1-2H3,(H,18,22)(H,19,20). The summed E-state index contributed by atoms with van der Waals surface area (Å²) in [7, 11) is 0. The van der Waals surface area contributed by atoms with Crippen LogP contribution in [0.25, 0.3) is 0 Å². The fourth-order valence-corrected chi connectivity index (χ4v) is 3.59. The molecule has 1 aromatic rings. The van der Waals surface area contributed by atoms with Crippen LogP contribution >= 0.6 is 0 Å². The van der Waals surface area contributed by atoms with Crippen molar-refractivity contribution in [2.24, 2.45) is 5.92 Å². The summed E-state index contributed by atoms with van der Waals surface area (Å²) >= 11 is 0. The molecule has 3 heterocycles. The fourth-order valence-electron chi connectivity index (χ4n) is 3.59. The molecule has 2 aliphatic rings. The van der Waals surface area contributed by atoms with Gasteiger partial charge in [0, 0.05) is 49.9 Å². The third-order valence-electron chi connectivity index (χ3n) is 4.67. The Hall–Kier alpha value is -1.40. The number of hydrogen-bond donors (Lipinski definition) is 3. The summed E-state index contributed by atoms with van der Waals surface area (Å²) in [6, 6.07) is 0.140. The molecule has 0 radical (unpaired) electrons. The molecule has 2 atom stereocenters. The third-order valence-corrected chi connectivity index (χ3v) is 4.67. The number of amides is 1. The average molecular weight is 305 g/mol. The number of nitrogens with one attached hydrogen (secondary N) is 3. The van der Waals surface area contributed by atoms with E-state index in [-0.39, 0.29) is 11.9 Å². The maximum Gasteiger partial charge on any atom is 0.272 e. The molecule has 1 saturated heterocycles. The van der Waals surface area contributed by atoms with Crippen LogP contribution in [0.5, 0.6) is 0 Å². The van der Waals surface area contributed by atoms with Crippen LogP contribution in [-0.4, -0.2) is 53.2 Å². The molecular weight excluding hydrogens is 278 g/mol. The lowest BCUT2D eigenvalue weighted by molar-refractivity contribution is 0.0914. The van der Waals surface area contributed by atoms with Gasteiger partial charge in [0.15, 0.2) is 5.69 Å². The minimum absolute atomic E-state index is 0.0567. The van der Waals surface area contributed by atoms with E-state index in [9.17, 15) is 4.79 Å². The molecule has 122 valence electrons. The highest BCUT2D eigenvalue weighted by Gasteiger charge is 2.24. The van der Waals surface area contributed by atoms with E-state index in [1.165, 1.54) is 12.8 Å². The van der Waals surface area contributed by atoms with Crippen molar-refractivity contribution >= 4 is 5.91 Å². The largest absolute Gasteiger partial charge is 0.347 e. The second-order valence-electron chi connectivity index (χ2n) is 6.84. The Morgan fingerprint density at radius 3 is 3.23 bits per heavy atom. The number of aromatic nitrogens is 2. The first-order chi connectivity index (χ1) is 10.6. The maximum absolute atomic E-state index is 12.5. The lowest BCUT2D eigenvalue weighted by Gasteiger charge is -2.32. The van der Waals surface area contributed by atoms with Crippen molar-refractivity contribution in [2.75, 3.05) is 26.2 Å². The predicted octanol–water partition coefficient (Wildman–Crippen LogP) is 0.906. The van der Waals surface area contributed by atoms with Crippen molar-refractivity contribution in [3.63, 3.8) is 0 Å². The predicted molar refractivity (Wildman–Crippen MR) is 85.8 cm³/mol. The fraction of sp³-hybridized carbons (Fsp3) is 0.750. The zero-order valence-corrected chi connectivity index (χ0v) is 13.6. The molecule has 22 heavy (non-hydrogen) atoms. The topological polar surface area (TPSA) is 73.0 Å². The van der Waals surface area contributed by atoms with Crippen molar-refractivity contribution in [1.82, 2.24) is 25.7 Å². The van der Waals surface area contributed by atoms with Gasteiger partial charge in [-0.15, -0.1) is 0 Å². The van der Waals surface area contributed by atoms with E-state index in [2.05, 4.69) is 39.6 Å². The molecule has 0 aliphatic carbocycles. The molecule has 6 nitrogen and oxygen atoms in total. The zero-order chi connectivity index (χ0) is 15.5. The van der Waals surface area contributed by atoms with E-state index in [0.29, 0.717) is 5.69 Å². The first-order valence-electron chi connectivity index (χ1n) is 8.43. The van der Waals surface area contributed by atoms with Crippen LogP contribution in [0.4, 0.5) is 0 Å². The van der Waals surface area contributed by atoms with Crippen molar-refractivity contribution in [2.45, 2.75) is 45.7 Å². The summed E-state index contributed by atoms with van der Waals surface area (Å²) in [4.78, 5) is 14.9. The van der Waals surface area contributed by atoms with Crippen LogP contribution < -0.4 is 10.6 Å². The van der Waals surface area contributed by atoms with Gasteiger partial charge in [-0.05, 0) is 32.2 Å². The van der Waals surface area contributed by atoms with Crippen LogP contribution in [0, 0.1) is 5.92 Å². The molecule has 2 unspecified atom stereocenters. The number of H-pyrrole nitrogens is 1. The number of hydrogen-bond acceptors (Lipinski definition) is 4. The molecule has 1 aromatic heterocycles. The van der Waals surface area contributed by atoms with Gasteiger partial charge in [0.05, 0.1) is 0 Å². The highest BCUT2D eigenvalue weighted by Crippen LogP contribution is 2.17.